The van der Waals surface area contributed by atoms with Crippen molar-refractivity contribution in [2.75, 3.05) is 16.8 Å². The van der Waals surface area contributed by atoms with Gasteiger partial charge in [-0.25, -0.2) is 17.6 Å². The van der Waals surface area contributed by atoms with Gasteiger partial charge in [-0.3, -0.25) is 9.59 Å². The van der Waals surface area contributed by atoms with E-state index in [1.807, 2.05) is 5.32 Å². The SMILES string of the molecule is CC(=O)N(CC(=O)Nc1c(F)cccc1F)c1ccc(F)cc1F. The van der Waals surface area contributed by atoms with Gasteiger partial charge in [-0.1, -0.05) is 6.07 Å². The lowest BCUT2D eigenvalue weighted by Gasteiger charge is -2.21. The molecule has 2 aromatic carbocycles. The summed E-state index contributed by atoms with van der Waals surface area (Å²) in [4.78, 5) is 24.3. The van der Waals surface area contributed by atoms with E-state index in [2.05, 4.69) is 0 Å². The quantitative estimate of drug-likeness (QED) is 0.869. The van der Waals surface area contributed by atoms with E-state index in [0.717, 1.165) is 42.2 Å². The second-order valence-corrected chi connectivity index (χ2v) is 4.85. The van der Waals surface area contributed by atoms with Gasteiger partial charge in [0, 0.05) is 13.0 Å². The summed E-state index contributed by atoms with van der Waals surface area (Å²) in [5.41, 5.74) is -1.00. The molecule has 2 amide bonds. The maximum Gasteiger partial charge on any atom is 0.244 e. The fourth-order valence-corrected chi connectivity index (χ4v) is 2.01. The minimum atomic E-state index is -1.05. The van der Waals surface area contributed by atoms with Crippen LogP contribution in [0.2, 0.25) is 0 Å². The van der Waals surface area contributed by atoms with Crippen LogP contribution in [0.4, 0.5) is 28.9 Å². The fraction of sp³-hybridized carbons (Fsp3) is 0.125. The van der Waals surface area contributed by atoms with Gasteiger partial charge in [0.25, 0.3) is 0 Å². The number of amides is 2. The van der Waals surface area contributed by atoms with Gasteiger partial charge in [-0.2, -0.15) is 0 Å². The largest absolute Gasteiger partial charge is 0.320 e. The predicted molar refractivity (Wildman–Crippen MR) is 79.4 cm³/mol. The van der Waals surface area contributed by atoms with Gasteiger partial charge in [0.05, 0.1) is 5.69 Å². The molecule has 0 spiro atoms. The van der Waals surface area contributed by atoms with Crippen LogP contribution in [0, 0.1) is 23.3 Å². The molecule has 0 heterocycles. The molecule has 0 saturated heterocycles. The Morgan fingerprint density at radius 3 is 2.17 bits per heavy atom. The third-order valence-electron chi connectivity index (χ3n) is 3.11. The number of carbonyl (C=O) groups excluding carboxylic acids is 2. The minimum Gasteiger partial charge on any atom is -0.320 e. The molecule has 24 heavy (non-hydrogen) atoms. The lowest BCUT2D eigenvalue weighted by Crippen LogP contribution is -2.37. The molecule has 0 atom stereocenters. The van der Waals surface area contributed by atoms with Crippen molar-refractivity contribution in [2.45, 2.75) is 6.92 Å². The molecule has 0 bridgehead atoms. The van der Waals surface area contributed by atoms with Gasteiger partial charge in [-0.05, 0) is 24.3 Å². The van der Waals surface area contributed by atoms with E-state index in [4.69, 9.17) is 0 Å². The molecular formula is C16H12F4N2O2. The van der Waals surface area contributed by atoms with Gasteiger partial charge >= 0.3 is 0 Å². The molecule has 126 valence electrons. The van der Waals surface area contributed by atoms with Gasteiger partial charge in [0.15, 0.2) is 0 Å². The zero-order valence-corrected chi connectivity index (χ0v) is 12.4. The molecule has 0 unspecified atom stereocenters. The molecule has 0 aliphatic rings. The van der Waals surface area contributed by atoms with E-state index < -0.39 is 47.3 Å². The Balaban J connectivity index is 2.22. The highest BCUT2D eigenvalue weighted by molar-refractivity contribution is 6.01. The van der Waals surface area contributed by atoms with Crippen LogP contribution in [0.5, 0.6) is 0 Å². The van der Waals surface area contributed by atoms with Gasteiger partial charge in [0.1, 0.15) is 35.5 Å². The van der Waals surface area contributed by atoms with Crippen molar-refractivity contribution in [3.05, 3.63) is 59.7 Å². The molecule has 4 nitrogen and oxygen atoms in total. The monoisotopic (exact) mass is 340 g/mol. The number of anilines is 2. The number of nitrogens with zero attached hydrogens (tertiary/aromatic N) is 1. The van der Waals surface area contributed by atoms with E-state index in [0.29, 0.717) is 6.07 Å². The van der Waals surface area contributed by atoms with Crippen LogP contribution >= 0.6 is 0 Å². The van der Waals surface area contributed by atoms with Crippen LogP contribution in [0.3, 0.4) is 0 Å². The first-order valence-electron chi connectivity index (χ1n) is 6.76. The first kappa shape index (κ1) is 17.5. The van der Waals surface area contributed by atoms with Crippen molar-refractivity contribution < 1.29 is 27.2 Å². The summed E-state index contributed by atoms with van der Waals surface area (Å²) in [5, 5.41) is 1.99. The number of rotatable bonds is 4. The standard InChI is InChI=1S/C16H12F4N2O2/c1-9(23)22(14-6-5-10(17)7-13(14)20)8-15(24)21-16-11(18)3-2-4-12(16)19/h2-7H,8H2,1H3,(H,21,24). The molecular weight excluding hydrogens is 328 g/mol. The van der Waals surface area contributed by atoms with Crippen LogP contribution in [0.25, 0.3) is 0 Å². The average molecular weight is 340 g/mol. The van der Waals surface area contributed by atoms with Crippen LogP contribution < -0.4 is 10.2 Å². The summed E-state index contributed by atoms with van der Waals surface area (Å²) < 4.78 is 53.7. The second-order valence-electron chi connectivity index (χ2n) is 4.85. The zero-order valence-electron chi connectivity index (χ0n) is 12.4. The zero-order chi connectivity index (χ0) is 17.9. The third-order valence-corrected chi connectivity index (χ3v) is 3.11. The minimum absolute atomic E-state index is 0.326. The van der Waals surface area contributed by atoms with Crippen LogP contribution in [0.1, 0.15) is 6.92 Å². The number of benzene rings is 2. The normalized spacial score (nSPS) is 10.4. The van der Waals surface area contributed by atoms with Crippen LogP contribution in [-0.4, -0.2) is 18.4 Å². The Labute approximate surface area is 134 Å². The van der Waals surface area contributed by atoms with E-state index in [9.17, 15) is 27.2 Å². The highest BCUT2D eigenvalue weighted by Crippen LogP contribution is 2.21. The van der Waals surface area contributed by atoms with E-state index in [1.165, 1.54) is 0 Å². The van der Waals surface area contributed by atoms with E-state index in [-0.39, 0.29) is 5.69 Å². The van der Waals surface area contributed by atoms with Crippen LogP contribution in [-0.2, 0) is 9.59 Å². The van der Waals surface area contributed by atoms with E-state index in [1.54, 1.807) is 0 Å². The first-order valence-corrected chi connectivity index (χ1v) is 6.76. The lowest BCUT2D eigenvalue weighted by atomic mass is 10.2. The summed E-state index contributed by atoms with van der Waals surface area (Å²) in [6, 6.07) is 5.48. The Bertz CT molecular complexity index is 775. The molecule has 2 aromatic rings. The van der Waals surface area contributed by atoms with Crippen LogP contribution in [0.15, 0.2) is 36.4 Å². The summed E-state index contributed by atoms with van der Waals surface area (Å²) >= 11 is 0. The molecule has 8 heteroatoms. The molecule has 1 N–H and O–H groups in total. The predicted octanol–water partition coefficient (Wildman–Crippen LogP) is 3.23. The highest BCUT2D eigenvalue weighted by Gasteiger charge is 2.21. The maximum atomic E-state index is 13.8. The number of hydrogen-bond donors (Lipinski definition) is 1. The number of halogens is 4. The molecule has 0 aliphatic carbocycles. The van der Waals surface area contributed by atoms with Gasteiger partial charge in [-0.15, -0.1) is 0 Å². The number of para-hydroxylation sites is 1. The molecule has 0 aromatic heterocycles. The third kappa shape index (κ3) is 3.89. The summed E-state index contributed by atoms with van der Waals surface area (Å²) in [5.74, 6) is -5.54. The second kappa shape index (κ2) is 7.12. The Morgan fingerprint density at radius 1 is 1.00 bits per heavy atom. The summed E-state index contributed by atoms with van der Waals surface area (Å²) in [7, 11) is 0. The van der Waals surface area contributed by atoms with E-state index >= 15 is 0 Å². The van der Waals surface area contributed by atoms with Gasteiger partial charge in [0.2, 0.25) is 11.8 Å². The summed E-state index contributed by atoms with van der Waals surface area (Å²) in [6.07, 6.45) is 0. The average Bonchev–Trinajstić information content (AvgIpc) is 2.49. The molecule has 0 aliphatic heterocycles. The van der Waals surface area contributed by atoms with Gasteiger partial charge < -0.3 is 10.2 Å². The smallest absolute Gasteiger partial charge is 0.244 e. The topological polar surface area (TPSA) is 49.4 Å². The Kier molecular flexibility index (Phi) is 5.18. The summed E-state index contributed by atoms with van der Waals surface area (Å²) in [6.45, 7) is 0.366. The first-order chi connectivity index (χ1) is 11.3. The Hall–Kier alpha value is -2.90. The molecule has 0 fully saturated rings. The lowest BCUT2D eigenvalue weighted by molar-refractivity contribution is -0.120. The maximum absolute atomic E-state index is 13.8. The number of nitrogens with one attached hydrogen (secondary N) is 1. The van der Waals surface area contributed by atoms with Crippen molar-refractivity contribution in [2.24, 2.45) is 0 Å². The van der Waals surface area contributed by atoms with Crippen molar-refractivity contribution in [1.29, 1.82) is 0 Å². The fourth-order valence-electron chi connectivity index (χ4n) is 2.01. The van der Waals surface area contributed by atoms with Crippen molar-refractivity contribution >= 4 is 23.2 Å². The molecule has 0 radical (unpaired) electrons. The van der Waals surface area contributed by atoms with Crippen molar-refractivity contribution in [1.82, 2.24) is 0 Å². The Morgan fingerprint density at radius 2 is 1.62 bits per heavy atom. The van der Waals surface area contributed by atoms with Crippen molar-refractivity contribution in [3.63, 3.8) is 0 Å². The number of carbonyl (C=O) groups is 2. The number of hydrogen-bond acceptors (Lipinski definition) is 2. The highest BCUT2D eigenvalue weighted by atomic mass is 19.1. The molecule has 2 rings (SSSR count). The van der Waals surface area contributed by atoms with Crippen molar-refractivity contribution in [3.8, 4) is 0 Å². The molecule has 0 saturated carbocycles.